The van der Waals surface area contributed by atoms with E-state index in [9.17, 15) is 14.4 Å². The van der Waals surface area contributed by atoms with Crippen LogP contribution in [0.2, 0.25) is 5.02 Å². The summed E-state index contributed by atoms with van der Waals surface area (Å²) in [4.78, 5) is 47.8. The van der Waals surface area contributed by atoms with Crippen LogP contribution in [0.1, 0.15) is 11.6 Å². The fourth-order valence-electron chi connectivity index (χ4n) is 3.07. The first-order valence-electron chi connectivity index (χ1n) is 8.90. The number of benzene rings is 1. The fraction of sp³-hybridized carbons (Fsp3) is 0.444. The molecule has 0 aliphatic carbocycles. The van der Waals surface area contributed by atoms with Crippen molar-refractivity contribution in [3.05, 3.63) is 34.9 Å². The second kappa shape index (κ2) is 10.6. The summed E-state index contributed by atoms with van der Waals surface area (Å²) >= 11 is 6.21. The number of morpholine rings is 1. The largest absolute Gasteiger partial charge is 0.483 e. The zero-order valence-electron chi connectivity index (χ0n) is 15.8. The lowest BCUT2D eigenvalue weighted by molar-refractivity contribution is -0.148. The highest BCUT2D eigenvalue weighted by molar-refractivity contribution is 6.31. The van der Waals surface area contributed by atoms with E-state index >= 15 is 0 Å². The van der Waals surface area contributed by atoms with Crippen LogP contribution in [-0.4, -0.2) is 85.2 Å². The van der Waals surface area contributed by atoms with Gasteiger partial charge in [-0.3, -0.25) is 14.4 Å². The highest BCUT2D eigenvalue weighted by atomic mass is 35.5. The van der Waals surface area contributed by atoms with Crippen LogP contribution in [0, 0.1) is 0 Å². The van der Waals surface area contributed by atoms with Crippen molar-refractivity contribution in [2.24, 2.45) is 0 Å². The van der Waals surface area contributed by atoms with Crippen LogP contribution in [0.5, 0.6) is 0 Å². The van der Waals surface area contributed by atoms with Crippen molar-refractivity contribution in [2.45, 2.75) is 12.1 Å². The number of rotatable bonds is 5. The highest BCUT2D eigenvalue weighted by Gasteiger charge is 2.37. The molecule has 0 spiro atoms. The normalized spacial score (nSPS) is 21.2. The Labute approximate surface area is 172 Å². The van der Waals surface area contributed by atoms with Crippen molar-refractivity contribution in [3.8, 4) is 0 Å². The predicted octanol–water partition coefficient (Wildman–Crippen LogP) is 0.0805. The minimum absolute atomic E-state index is 0.0469. The minimum Gasteiger partial charge on any atom is -0.483 e. The van der Waals surface area contributed by atoms with E-state index in [1.165, 1.54) is 0 Å². The molecule has 10 nitrogen and oxygen atoms in total. The van der Waals surface area contributed by atoms with Gasteiger partial charge >= 0.3 is 6.03 Å². The lowest BCUT2D eigenvalue weighted by atomic mass is 9.99. The van der Waals surface area contributed by atoms with E-state index in [0.717, 1.165) is 0 Å². The molecule has 4 amide bonds. The lowest BCUT2D eigenvalue weighted by Crippen LogP contribution is -2.53. The summed E-state index contributed by atoms with van der Waals surface area (Å²) in [5.41, 5.74) is 0.624. The molecule has 158 valence electrons. The molecule has 29 heavy (non-hydrogen) atoms. The molecule has 0 bridgehead atoms. The van der Waals surface area contributed by atoms with Gasteiger partial charge in [-0.2, -0.15) is 0 Å². The number of hydrogen-bond acceptors (Lipinski definition) is 5. The highest BCUT2D eigenvalue weighted by Crippen LogP contribution is 2.28. The standard InChI is InChI=1S/C17H21ClN4O4.CH2O2/c1-21-8-9-22(17(21)25)7-6-19-16(24)15-14(20-13(23)10-26-15)11-4-2-3-5-12(11)18;2-1-3/h2-5,14-15H,6-10H2,1H3,(H,19,24)(H,20,23);1H,(H,2,3)/t14-,15+;/m1./s1. The maximum atomic E-state index is 12.6. The lowest BCUT2D eigenvalue weighted by Gasteiger charge is -2.32. The molecule has 11 heteroatoms. The molecule has 3 rings (SSSR count). The third kappa shape index (κ3) is 5.81. The van der Waals surface area contributed by atoms with Crippen LogP contribution < -0.4 is 10.6 Å². The summed E-state index contributed by atoms with van der Waals surface area (Å²) < 4.78 is 5.46. The van der Waals surface area contributed by atoms with Gasteiger partial charge in [0.25, 0.3) is 12.4 Å². The van der Waals surface area contributed by atoms with Crippen molar-refractivity contribution in [1.29, 1.82) is 0 Å². The van der Waals surface area contributed by atoms with Gasteiger partial charge in [0.1, 0.15) is 6.61 Å². The molecule has 2 aliphatic rings. The van der Waals surface area contributed by atoms with Crippen LogP contribution in [0.15, 0.2) is 24.3 Å². The number of likely N-dealkylation sites (N-methyl/N-ethyl adjacent to an activating group) is 1. The molecule has 2 atom stereocenters. The third-order valence-electron chi connectivity index (χ3n) is 4.50. The van der Waals surface area contributed by atoms with Crippen molar-refractivity contribution < 1.29 is 29.0 Å². The van der Waals surface area contributed by atoms with E-state index in [4.69, 9.17) is 26.2 Å². The molecule has 2 heterocycles. The van der Waals surface area contributed by atoms with Crippen LogP contribution in [0.25, 0.3) is 0 Å². The Kier molecular flexibility index (Phi) is 8.22. The zero-order chi connectivity index (χ0) is 21.4. The second-order valence-electron chi connectivity index (χ2n) is 6.39. The monoisotopic (exact) mass is 426 g/mol. The van der Waals surface area contributed by atoms with E-state index in [1.54, 1.807) is 41.1 Å². The first kappa shape index (κ1) is 22.4. The average molecular weight is 427 g/mol. The molecule has 2 fully saturated rings. The number of carboxylic acid groups (broad SMARTS) is 1. The van der Waals surface area contributed by atoms with Gasteiger partial charge in [0.2, 0.25) is 5.91 Å². The van der Waals surface area contributed by atoms with Gasteiger partial charge in [0.15, 0.2) is 6.10 Å². The SMILES string of the molecule is CN1CCN(CCNC(=O)[C@H]2OCC(=O)N[C@@H]2c2ccccc2Cl)C1=O.O=CO. The molecule has 3 N–H and O–H groups in total. The van der Waals surface area contributed by atoms with E-state index in [2.05, 4.69) is 10.6 Å². The Morgan fingerprint density at radius 2 is 2.07 bits per heavy atom. The minimum atomic E-state index is -0.885. The number of urea groups is 1. The number of halogens is 1. The number of nitrogens with one attached hydrogen (secondary N) is 2. The Morgan fingerprint density at radius 1 is 1.38 bits per heavy atom. The van der Waals surface area contributed by atoms with Gasteiger partial charge in [-0.15, -0.1) is 0 Å². The topological polar surface area (TPSA) is 128 Å². The number of carbonyl (C=O) groups excluding carboxylic acids is 3. The molecule has 1 aromatic carbocycles. The molecule has 2 saturated heterocycles. The van der Waals surface area contributed by atoms with Crippen molar-refractivity contribution in [2.75, 3.05) is 39.8 Å². The Bertz CT molecular complexity index is 762. The summed E-state index contributed by atoms with van der Waals surface area (Å²) in [7, 11) is 1.74. The fourth-order valence-corrected chi connectivity index (χ4v) is 3.33. The maximum absolute atomic E-state index is 12.6. The molecule has 0 radical (unpaired) electrons. The molecular formula is C18H23ClN4O6. The molecule has 1 aromatic rings. The summed E-state index contributed by atoms with van der Waals surface area (Å²) in [5.74, 6) is -0.653. The molecule has 0 unspecified atom stereocenters. The molecule has 2 aliphatic heterocycles. The van der Waals surface area contributed by atoms with E-state index in [-0.39, 0.29) is 30.9 Å². The molecular weight excluding hydrogens is 404 g/mol. The number of amides is 4. The molecule has 0 saturated carbocycles. The number of nitrogens with zero attached hydrogens (tertiary/aromatic N) is 2. The zero-order valence-corrected chi connectivity index (χ0v) is 16.6. The quantitative estimate of drug-likeness (QED) is 0.572. The average Bonchev–Trinajstić information content (AvgIpc) is 3.01. The second-order valence-corrected chi connectivity index (χ2v) is 6.79. The summed E-state index contributed by atoms with van der Waals surface area (Å²) in [6, 6.07) is 6.30. The predicted molar refractivity (Wildman–Crippen MR) is 103 cm³/mol. The van der Waals surface area contributed by atoms with Gasteiger partial charge in [-0.25, -0.2) is 4.79 Å². The Hall–Kier alpha value is -2.85. The van der Waals surface area contributed by atoms with Crippen molar-refractivity contribution in [1.82, 2.24) is 20.4 Å². The first-order chi connectivity index (χ1) is 13.9. The third-order valence-corrected chi connectivity index (χ3v) is 4.84. The van der Waals surface area contributed by atoms with Gasteiger partial charge < -0.3 is 30.3 Å². The summed E-state index contributed by atoms with van der Waals surface area (Å²) in [6.45, 7) is 1.61. The van der Waals surface area contributed by atoms with Crippen LogP contribution >= 0.6 is 11.6 Å². The summed E-state index contributed by atoms with van der Waals surface area (Å²) in [5, 5.41) is 12.9. The van der Waals surface area contributed by atoms with Gasteiger partial charge in [0.05, 0.1) is 6.04 Å². The van der Waals surface area contributed by atoms with Gasteiger partial charge in [0, 0.05) is 38.2 Å². The maximum Gasteiger partial charge on any atom is 0.319 e. The number of carbonyl (C=O) groups is 4. The van der Waals surface area contributed by atoms with E-state index in [0.29, 0.717) is 36.8 Å². The van der Waals surface area contributed by atoms with E-state index < -0.39 is 12.1 Å². The first-order valence-corrected chi connectivity index (χ1v) is 9.27. The number of hydrogen-bond donors (Lipinski definition) is 3. The van der Waals surface area contributed by atoms with Crippen molar-refractivity contribution >= 4 is 35.9 Å². The molecule has 0 aromatic heterocycles. The summed E-state index contributed by atoms with van der Waals surface area (Å²) in [6.07, 6.45) is -0.885. The van der Waals surface area contributed by atoms with E-state index in [1.807, 2.05) is 0 Å². The Balaban J connectivity index is 0.000000941. The van der Waals surface area contributed by atoms with Crippen molar-refractivity contribution in [3.63, 3.8) is 0 Å². The van der Waals surface area contributed by atoms with Crippen LogP contribution in [0.4, 0.5) is 4.79 Å². The van der Waals surface area contributed by atoms with Gasteiger partial charge in [-0.05, 0) is 11.6 Å². The van der Waals surface area contributed by atoms with Crippen LogP contribution in [0.3, 0.4) is 0 Å². The number of ether oxygens (including phenoxy) is 1. The van der Waals surface area contributed by atoms with Gasteiger partial charge in [-0.1, -0.05) is 29.8 Å². The van der Waals surface area contributed by atoms with Crippen LogP contribution in [-0.2, 0) is 19.1 Å². The smallest absolute Gasteiger partial charge is 0.319 e. The Morgan fingerprint density at radius 3 is 2.69 bits per heavy atom.